The van der Waals surface area contributed by atoms with Gasteiger partial charge in [-0.1, -0.05) is 19.1 Å². The van der Waals surface area contributed by atoms with Gasteiger partial charge in [-0.05, 0) is 43.0 Å². The molecule has 1 rings (SSSR count). The molecule has 4 nitrogen and oxygen atoms in total. The van der Waals surface area contributed by atoms with Gasteiger partial charge in [0.2, 0.25) is 5.91 Å². The molecule has 0 fully saturated rings. The van der Waals surface area contributed by atoms with Gasteiger partial charge in [0.05, 0.1) is 0 Å². The number of amides is 1. The van der Waals surface area contributed by atoms with Crippen LogP contribution in [0.25, 0.3) is 0 Å². The Hall–Kier alpha value is -1.69. The van der Waals surface area contributed by atoms with Gasteiger partial charge in [-0.3, -0.25) is 4.79 Å². The van der Waals surface area contributed by atoms with Crippen molar-refractivity contribution in [3.63, 3.8) is 0 Å². The Bertz CT molecular complexity index is 424. The van der Waals surface area contributed by atoms with Crippen LogP contribution in [0.3, 0.4) is 0 Å². The molecule has 0 spiro atoms. The molecule has 21 heavy (non-hydrogen) atoms. The summed E-state index contributed by atoms with van der Waals surface area (Å²) in [5.41, 5.74) is 6.29. The number of nitrogens with one attached hydrogen (secondary N) is 1. The molecule has 0 aromatic heterocycles. The summed E-state index contributed by atoms with van der Waals surface area (Å²) >= 11 is 0. The van der Waals surface area contributed by atoms with Crippen LogP contribution < -0.4 is 15.8 Å². The largest absolute Gasteiger partial charge is 0.435 e. The zero-order chi connectivity index (χ0) is 15.7. The van der Waals surface area contributed by atoms with Crippen molar-refractivity contribution >= 4 is 5.91 Å². The summed E-state index contributed by atoms with van der Waals surface area (Å²) in [5.74, 6) is 0.522. The number of ether oxygens (including phenoxy) is 1. The molecule has 1 aromatic rings. The summed E-state index contributed by atoms with van der Waals surface area (Å²) in [4.78, 5) is 11.7. The predicted octanol–water partition coefficient (Wildman–Crippen LogP) is 2.67. The number of alkyl halides is 2. The first-order valence-corrected chi connectivity index (χ1v) is 7.01. The molecule has 0 aliphatic carbocycles. The highest BCUT2D eigenvalue weighted by atomic mass is 19.3. The van der Waals surface area contributed by atoms with Gasteiger partial charge in [0.25, 0.3) is 0 Å². The van der Waals surface area contributed by atoms with E-state index in [2.05, 4.69) is 17.0 Å². The highest BCUT2D eigenvalue weighted by Crippen LogP contribution is 2.15. The summed E-state index contributed by atoms with van der Waals surface area (Å²) in [6, 6.07) is 6.21. The fourth-order valence-corrected chi connectivity index (χ4v) is 1.88. The second-order valence-corrected chi connectivity index (χ2v) is 5.02. The summed E-state index contributed by atoms with van der Waals surface area (Å²) in [6.45, 7) is 0.252. The van der Waals surface area contributed by atoms with E-state index in [0.717, 1.165) is 18.4 Å². The highest BCUT2D eigenvalue weighted by molar-refractivity contribution is 5.75. The molecule has 3 N–H and O–H groups in total. The standard InChI is InChI=1S/C15H22F2N2O2/c1-11(8-9-18)2-7-14(20)19-10-12-3-5-13(6-4-12)21-15(16)17/h3-6,11,15H,2,7-10,18H2,1H3,(H,19,20). The smallest absolute Gasteiger partial charge is 0.387 e. The van der Waals surface area contributed by atoms with Crippen molar-refractivity contribution in [1.29, 1.82) is 0 Å². The third kappa shape index (κ3) is 7.60. The van der Waals surface area contributed by atoms with E-state index in [0.29, 0.717) is 25.4 Å². The molecule has 6 heteroatoms. The molecule has 0 saturated heterocycles. The average Bonchev–Trinajstić information content (AvgIpc) is 2.44. The normalized spacial score (nSPS) is 12.2. The van der Waals surface area contributed by atoms with Gasteiger partial charge in [-0.25, -0.2) is 0 Å². The van der Waals surface area contributed by atoms with Gasteiger partial charge < -0.3 is 15.8 Å². The maximum absolute atomic E-state index is 12.0. The van der Waals surface area contributed by atoms with Crippen molar-refractivity contribution in [3.05, 3.63) is 29.8 Å². The number of hydrogen-bond donors (Lipinski definition) is 2. The van der Waals surface area contributed by atoms with Crippen molar-refractivity contribution < 1.29 is 18.3 Å². The molecule has 1 unspecified atom stereocenters. The molecule has 0 heterocycles. The second kappa shape index (κ2) is 9.28. The van der Waals surface area contributed by atoms with E-state index in [1.807, 2.05) is 0 Å². The highest BCUT2D eigenvalue weighted by Gasteiger charge is 2.07. The van der Waals surface area contributed by atoms with E-state index in [4.69, 9.17) is 5.73 Å². The maximum Gasteiger partial charge on any atom is 0.387 e. The number of hydrogen-bond acceptors (Lipinski definition) is 3. The predicted molar refractivity (Wildman–Crippen MR) is 77.0 cm³/mol. The number of benzene rings is 1. The second-order valence-electron chi connectivity index (χ2n) is 5.02. The van der Waals surface area contributed by atoms with Crippen molar-refractivity contribution in [2.75, 3.05) is 6.54 Å². The lowest BCUT2D eigenvalue weighted by atomic mass is 10.0. The number of rotatable bonds is 9. The van der Waals surface area contributed by atoms with Crippen LogP contribution in [0.15, 0.2) is 24.3 Å². The molecular weight excluding hydrogens is 278 g/mol. The molecule has 0 aliphatic rings. The molecule has 118 valence electrons. The van der Waals surface area contributed by atoms with Gasteiger partial charge >= 0.3 is 6.61 Å². The van der Waals surface area contributed by atoms with E-state index >= 15 is 0 Å². The average molecular weight is 300 g/mol. The van der Waals surface area contributed by atoms with Gasteiger partial charge in [0.15, 0.2) is 0 Å². The van der Waals surface area contributed by atoms with Crippen molar-refractivity contribution in [1.82, 2.24) is 5.32 Å². The number of carbonyl (C=O) groups excluding carboxylic acids is 1. The molecule has 0 radical (unpaired) electrons. The zero-order valence-corrected chi connectivity index (χ0v) is 12.1. The minimum atomic E-state index is -2.83. The van der Waals surface area contributed by atoms with Crippen LogP contribution in [-0.4, -0.2) is 19.1 Å². The van der Waals surface area contributed by atoms with E-state index < -0.39 is 6.61 Å². The molecular formula is C15H22F2N2O2. The molecule has 0 bridgehead atoms. The topological polar surface area (TPSA) is 64.4 Å². The molecule has 0 saturated carbocycles. The molecule has 1 aromatic carbocycles. The van der Waals surface area contributed by atoms with E-state index in [9.17, 15) is 13.6 Å². The molecule has 0 aliphatic heterocycles. The zero-order valence-electron chi connectivity index (χ0n) is 12.1. The van der Waals surface area contributed by atoms with Crippen molar-refractivity contribution in [2.24, 2.45) is 11.7 Å². The van der Waals surface area contributed by atoms with Crippen molar-refractivity contribution in [3.8, 4) is 5.75 Å². The van der Waals surface area contributed by atoms with Crippen molar-refractivity contribution in [2.45, 2.75) is 39.3 Å². The summed E-state index contributed by atoms with van der Waals surface area (Å²) in [5, 5.41) is 2.80. The Labute approximate surface area is 123 Å². The monoisotopic (exact) mass is 300 g/mol. The van der Waals surface area contributed by atoms with Crippen LogP contribution in [0.2, 0.25) is 0 Å². The lowest BCUT2D eigenvalue weighted by Crippen LogP contribution is -2.23. The minimum Gasteiger partial charge on any atom is -0.435 e. The summed E-state index contributed by atoms with van der Waals surface area (Å²) in [7, 11) is 0. The van der Waals surface area contributed by atoms with E-state index in [-0.39, 0.29) is 11.7 Å². The summed E-state index contributed by atoms with van der Waals surface area (Å²) in [6.07, 6.45) is 2.19. The van der Waals surface area contributed by atoms with Gasteiger partial charge in [0, 0.05) is 13.0 Å². The summed E-state index contributed by atoms with van der Waals surface area (Å²) < 4.78 is 28.2. The number of nitrogens with two attached hydrogens (primary N) is 1. The van der Waals surface area contributed by atoms with Crippen LogP contribution in [-0.2, 0) is 11.3 Å². The number of halogens is 2. The van der Waals surface area contributed by atoms with Gasteiger partial charge in [0.1, 0.15) is 5.75 Å². The molecule has 1 atom stereocenters. The Morgan fingerprint density at radius 3 is 2.52 bits per heavy atom. The van der Waals surface area contributed by atoms with Crippen LogP contribution in [0.5, 0.6) is 5.75 Å². The number of carbonyl (C=O) groups is 1. The van der Waals surface area contributed by atoms with Crippen LogP contribution in [0, 0.1) is 5.92 Å². The molecule has 1 amide bonds. The SMILES string of the molecule is CC(CCN)CCC(=O)NCc1ccc(OC(F)F)cc1. The first kappa shape index (κ1) is 17.4. The van der Waals surface area contributed by atoms with Crippen LogP contribution in [0.4, 0.5) is 8.78 Å². The van der Waals surface area contributed by atoms with Crippen LogP contribution >= 0.6 is 0 Å². The Morgan fingerprint density at radius 2 is 1.95 bits per heavy atom. The third-order valence-electron chi connectivity index (χ3n) is 3.16. The Balaban J connectivity index is 2.29. The quantitative estimate of drug-likeness (QED) is 0.737. The first-order chi connectivity index (χ1) is 10.0. The fraction of sp³-hybridized carbons (Fsp3) is 0.533. The minimum absolute atomic E-state index is 0.0215. The first-order valence-electron chi connectivity index (χ1n) is 7.01. The maximum atomic E-state index is 12.0. The third-order valence-corrected chi connectivity index (χ3v) is 3.16. The van der Waals surface area contributed by atoms with Gasteiger partial charge in [-0.15, -0.1) is 0 Å². The van der Waals surface area contributed by atoms with Gasteiger partial charge in [-0.2, -0.15) is 8.78 Å². The fourth-order valence-electron chi connectivity index (χ4n) is 1.88. The van der Waals surface area contributed by atoms with E-state index in [1.54, 1.807) is 12.1 Å². The lowest BCUT2D eigenvalue weighted by Gasteiger charge is -2.10. The van der Waals surface area contributed by atoms with E-state index in [1.165, 1.54) is 12.1 Å². The Kier molecular flexibility index (Phi) is 7.68. The lowest BCUT2D eigenvalue weighted by molar-refractivity contribution is -0.121. The Morgan fingerprint density at radius 1 is 1.29 bits per heavy atom. The van der Waals surface area contributed by atoms with Crippen LogP contribution in [0.1, 0.15) is 31.7 Å².